The Kier molecular flexibility index (Phi) is 9.04. The molecule has 0 saturated heterocycles. The van der Waals surface area contributed by atoms with E-state index in [-0.39, 0.29) is 24.1 Å². The van der Waals surface area contributed by atoms with Crippen molar-refractivity contribution in [2.45, 2.75) is 77.7 Å². The molecule has 0 aliphatic carbocycles. The number of unbranched alkanes of at least 4 members (excludes halogenated alkanes) is 6. The number of para-hydroxylation sites is 2. The SMILES string of the molecule is CCCCCCCCCC(=O)N1c2ccccc2NC(=O)C1CC(=O)Nc1ccc(C)cc1. The second-order valence-corrected chi connectivity index (χ2v) is 8.78. The highest BCUT2D eigenvalue weighted by molar-refractivity contribution is 6.13. The Bertz CT molecular complexity index is 955. The predicted octanol–water partition coefficient (Wildman–Crippen LogP) is 5.82. The molecular weight excluding hydrogens is 414 g/mol. The monoisotopic (exact) mass is 449 g/mol. The fraction of sp³-hybridized carbons (Fsp3) is 0.444. The number of nitrogens with zero attached hydrogens (tertiary/aromatic N) is 1. The van der Waals surface area contributed by atoms with Crippen LogP contribution in [0, 0.1) is 6.92 Å². The van der Waals surface area contributed by atoms with Crippen molar-refractivity contribution in [3.8, 4) is 0 Å². The van der Waals surface area contributed by atoms with Crippen LogP contribution in [0.5, 0.6) is 0 Å². The minimum absolute atomic E-state index is 0.100. The second kappa shape index (κ2) is 12.2. The molecule has 1 unspecified atom stereocenters. The van der Waals surface area contributed by atoms with Crippen LogP contribution in [0.15, 0.2) is 48.5 Å². The summed E-state index contributed by atoms with van der Waals surface area (Å²) in [5.41, 5.74) is 3.02. The summed E-state index contributed by atoms with van der Waals surface area (Å²) in [5.74, 6) is -0.744. The number of amides is 3. The molecule has 6 heteroatoms. The van der Waals surface area contributed by atoms with Crippen LogP contribution in [0.2, 0.25) is 0 Å². The Morgan fingerprint density at radius 3 is 2.33 bits per heavy atom. The van der Waals surface area contributed by atoms with Gasteiger partial charge < -0.3 is 10.6 Å². The zero-order chi connectivity index (χ0) is 23.6. The fourth-order valence-electron chi connectivity index (χ4n) is 4.16. The Morgan fingerprint density at radius 2 is 1.61 bits per heavy atom. The number of fused-ring (bicyclic) bond motifs is 1. The van der Waals surface area contributed by atoms with E-state index in [9.17, 15) is 14.4 Å². The molecule has 2 aromatic carbocycles. The maximum atomic E-state index is 13.2. The van der Waals surface area contributed by atoms with E-state index in [0.717, 1.165) is 24.8 Å². The summed E-state index contributed by atoms with van der Waals surface area (Å²) >= 11 is 0. The summed E-state index contributed by atoms with van der Waals surface area (Å²) < 4.78 is 0. The quantitative estimate of drug-likeness (QED) is 0.424. The van der Waals surface area contributed by atoms with Crippen LogP contribution in [-0.4, -0.2) is 23.8 Å². The summed E-state index contributed by atoms with van der Waals surface area (Å²) in [6.07, 6.45) is 8.07. The minimum atomic E-state index is -0.873. The Labute approximate surface area is 196 Å². The molecule has 3 amide bonds. The molecule has 1 atom stereocenters. The predicted molar refractivity (Wildman–Crippen MR) is 133 cm³/mol. The van der Waals surface area contributed by atoms with Crippen molar-refractivity contribution in [2.24, 2.45) is 0 Å². The van der Waals surface area contributed by atoms with Gasteiger partial charge in [-0.15, -0.1) is 0 Å². The number of anilines is 3. The first-order valence-electron chi connectivity index (χ1n) is 12.1. The summed E-state index contributed by atoms with van der Waals surface area (Å²) in [4.78, 5) is 40.4. The molecule has 3 rings (SSSR count). The third-order valence-electron chi connectivity index (χ3n) is 6.01. The molecular formula is C27H35N3O3. The first kappa shape index (κ1) is 24.5. The third kappa shape index (κ3) is 6.91. The average Bonchev–Trinajstić information content (AvgIpc) is 2.80. The van der Waals surface area contributed by atoms with Crippen molar-refractivity contribution < 1.29 is 14.4 Å². The Hall–Kier alpha value is -3.15. The van der Waals surface area contributed by atoms with Crippen molar-refractivity contribution in [1.82, 2.24) is 0 Å². The summed E-state index contributed by atoms with van der Waals surface area (Å²) in [5, 5.41) is 5.69. The third-order valence-corrected chi connectivity index (χ3v) is 6.01. The molecule has 176 valence electrons. The van der Waals surface area contributed by atoms with Crippen LogP contribution in [0.3, 0.4) is 0 Å². The molecule has 1 heterocycles. The second-order valence-electron chi connectivity index (χ2n) is 8.78. The maximum Gasteiger partial charge on any atom is 0.248 e. The molecule has 0 aromatic heterocycles. The fourth-order valence-corrected chi connectivity index (χ4v) is 4.16. The number of hydrogen-bond acceptors (Lipinski definition) is 3. The maximum absolute atomic E-state index is 13.2. The van der Waals surface area contributed by atoms with Gasteiger partial charge in [0, 0.05) is 12.1 Å². The van der Waals surface area contributed by atoms with Crippen molar-refractivity contribution in [3.63, 3.8) is 0 Å². The molecule has 2 N–H and O–H groups in total. The highest BCUT2D eigenvalue weighted by Crippen LogP contribution is 2.33. The van der Waals surface area contributed by atoms with Gasteiger partial charge in [-0.25, -0.2) is 0 Å². The van der Waals surface area contributed by atoms with Crippen LogP contribution in [0.1, 0.15) is 70.3 Å². The van der Waals surface area contributed by atoms with E-state index in [1.165, 1.54) is 30.6 Å². The summed E-state index contributed by atoms with van der Waals surface area (Å²) in [7, 11) is 0. The van der Waals surface area contributed by atoms with Gasteiger partial charge in [0.1, 0.15) is 6.04 Å². The lowest BCUT2D eigenvalue weighted by Gasteiger charge is -2.36. The smallest absolute Gasteiger partial charge is 0.248 e. The lowest BCUT2D eigenvalue weighted by molar-refractivity contribution is -0.126. The van der Waals surface area contributed by atoms with Gasteiger partial charge in [0.25, 0.3) is 0 Å². The molecule has 1 aliphatic rings. The van der Waals surface area contributed by atoms with Gasteiger partial charge in [0.2, 0.25) is 17.7 Å². The van der Waals surface area contributed by atoms with Crippen LogP contribution in [0.25, 0.3) is 0 Å². The van der Waals surface area contributed by atoms with Crippen LogP contribution >= 0.6 is 0 Å². The largest absolute Gasteiger partial charge is 0.326 e. The lowest BCUT2D eigenvalue weighted by atomic mass is 10.0. The van der Waals surface area contributed by atoms with Gasteiger partial charge in [-0.05, 0) is 37.6 Å². The first-order valence-corrected chi connectivity index (χ1v) is 12.1. The van der Waals surface area contributed by atoms with Gasteiger partial charge in [-0.3, -0.25) is 19.3 Å². The van der Waals surface area contributed by atoms with Crippen LogP contribution in [-0.2, 0) is 14.4 Å². The topological polar surface area (TPSA) is 78.5 Å². The molecule has 1 aliphatic heterocycles. The van der Waals surface area contributed by atoms with E-state index < -0.39 is 6.04 Å². The normalized spacial score (nSPS) is 15.0. The molecule has 6 nitrogen and oxygen atoms in total. The van der Waals surface area contributed by atoms with E-state index in [4.69, 9.17) is 0 Å². The van der Waals surface area contributed by atoms with Gasteiger partial charge in [0.05, 0.1) is 17.8 Å². The number of benzene rings is 2. The van der Waals surface area contributed by atoms with E-state index in [1.807, 2.05) is 49.4 Å². The van der Waals surface area contributed by atoms with Crippen molar-refractivity contribution in [1.29, 1.82) is 0 Å². The van der Waals surface area contributed by atoms with Gasteiger partial charge in [-0.2, -0.15) is 0 Å². The van der Waals surface area contributed by atoms with E-state index in [0.29, 0.717) is 23.5 Å². The molecule has 0 saturated carbocycles. The van der Waals surface area contributed by atoms with E-state index in [1.54, 1.807) is 6.07 Å². The zero-order valence-corrected chi connectivity index (χ0v) is 19.7. The van der Waals surface area contributed by atoms with Gasteiger partial charge in [-0.1, -0.05) is 75.3 Å². The zero-order valence-electron chi connectivity index (χ0n) is 19.7. The molecule has 0 spiro atoms. The molecule has 0 bridgehead atoms. The first-order chi connectivity index (χ1) is 16.0. The molecule has 33 heavy (non-hydrogen) atoms. The highest BCUT2D eigenvalue weighted by Gasteiger charge is 2.37. The standard InChI is InChI=1S/C27H35N3O3/c1-3-4-5-6-7-8-9-14-26(32)30-23-13-11-10-12-22(23)29-27(33)24(30)19-25(31)28-21-17-15-20(2)16-18-21/h10-13,15-18,24H,3-9,14,19H2,1-2H3,(H,28,31)(H,29,33). The number of carbonyl (C=O) groups excluding carboxylic acids is 3. The number of aryl methyl sites for hydroxylation is 1. The van der Waals surface area contributed by atoms with Crippen molar-refractivity contribution in [3.05, 3.63) is 54.1 Å². The highest BCUT2D eigenvalue weighted by atomic mass is 16.2. The van der Waals surface area contributed by atoms with Gasteiger partial charge >= 0.3 is 0 Å². The Morgan fingerprint density at radius 1 is 0.939 bits per heavy atom. The number of nitrogens with one attached hydrogen (secondary N) is 2. The van der Waals surface area contributed by atoms with Crippen molar-refractivity contribution in [2.75, 3.05) is 15.5 Å². The van der Waals surface area contributed by atoms with E-state index >= 15 is 0 Å². The lowest BCUT2D eigenvalue weighted by Crippen LogP contribution is -2.52. The van der Waals surface area contributed by atoms with Crippen LogP contribution < -0.4 is 15.5 Å². The summed E-state index contributed by atoms with van der Waals surface area (Å²) in [6.45, 7) is 4.17. The molecule has 2 aromatic rings. The molecule has 0 fully saturated rings. The molecule has 0 radical (unpaired) electrons. The van der Waals surface area contributed by atoms with E-state index in [2.05, 4.69) is 17.6 Å². The Balaban J connectivity index is 1.66. The summed E-state index contributed by atoms with van der Waals surface area (Å²) in [6, 6.07) is 13.9. The number of carbonyl (C=O) groups is 3. The van der Waals surface area contributed by atoms with Gasteiger partial charge in [0.15, 0.2) is 0 Å². The number of rotatable bonds is 11. The average molecular weight is 450 g/mol. The minimum Gasteiger partial charge on any atom is -0.326 e. The number of hydrogen-bond donors (Lipinski definition) is 2. The van der Waals surface area contributed by atoms with Crippen molar-refractivity contribution >= 4 is 34.8 Å². The van der Waals surface area contributed by atoms with Crippen LogP contribution in [0.4, 0.5) is 17.1 Å².